The van der Waals surface area contributed by atoms with Crippen LogP contribution in [0.1, 0.15) is 22.8 Å². The van der Waals surface area contributed by atoms with E-state index in [2.05, 4.69) is 40.3 Å². The largest absolute Gasteiger partial charge is 0.354 e. The van der Waals surface area contributed by atoms with E-state index in [0.717, 1.165) is 61.3 Å². The molecule has 9 rings (SSSR count). The Balaban J connectivity index is 1.50. The number of H-pyrrole nitrogens is 2. The summed E-state index contributed by atoms with van der Waals surface area (Å²) in [5.74, 6) is 0. The molecule has 0 spiro atoms. The van der Waals surface area contributed by atoms with Crippen molar-refractivity contribution in [3.05, 3.63) is 162 Å². The zero-order valence-electron chi connectivity index (χ0n) is 27.7. The third-order valence-electron chi connectivity index (χ3n) is 9.38. The zero-order chi connectivity index (χ0) is 35.2. The first kappa shape index (κ1) is 31.4. The minimum atomic E-state index is -4.59. The molecular formula is C44H30N4O3S. The number of nitrogens with zero attached hydrogens (tertiary/aromatic N) is 2. The predicted molar refractivity (Wildman–Crippen MR) is 210 cm³/mol. The van der Waals surface area contributed by atoms with Crippen molar-refractivity contribution in [2.45, 2.75) is 4.90 Å². The molecule has 0 fully saturated rings. The van der Waals surface area contributed by atoms with Gasteiger partial charge in [0.25, 0.3) is 10.1 Å². The van der Waals surface area contributed by atoms with Gasteiger partial charge in [-0.25, -0.2) is 9.97 Å². The normalized spacial score (nSPS) is 12.3. The third-order valence-corrected chi connectivity index (χ3v) is 10.3. The van der Waals surface area contributed by atoms with Gasteiger partial charge in [0.05, 0.1) is 22.8 Å². The van der Waals surface area contributed by atoms with Gasteiger partial charge in [-0.1, -0.05) is 109 Å². The van der Waals surface area contributed by atoms with Gasteiger partial charge >= 0.3 is 0 Å². The highest BCUT2D eigenvalue weighted by molar-refractivity contribution is 7.86. The number of rotatable bonds is 5. The van der Waals surface area contributed by atoms with Gasteiger partial charge in [-0.15, -0.1) is 0 Å². The second kappa shape index (κ2) is 12.6. The molecular weight excluding hydrogens is 665 g/mol. The van der Waals surface area contributed by atoms with Gasteiger partial charge in [-0.05, 0) is 71.3 Å². The van der Waals surface area contributed by atoms with Gasteiger partial charge in [0.15, 0.2) is 0 Å². The molecule has 3 aromatic heterocycles. The molecule has 2 aliphatic heterocycles. The topological polar surface area (TPSA) is 112 Å². The standard InChI is InChI=1S/C44H30N4O3S/c49-52(50,51)40-19-11-10-18-31(40)44-38-26-24-36(47-38)42(29-14-6-2-7-15-29)34-22-20-32(45-34)41(28-12-4-1-5-13-28)33-21-23-35(46-33)43(30-16-8-3-9-17-30)37-25-27-39(44)48-37/h1-27,45,48H,(H,49,50,51). The summed E-state index contributed by atoms with van der Waals surface area (Å²) in [4.78, 5) is 17.6. The fourth-order valence-corrected chi connectivity index (χ4v) is 7.81. The van der Waals surface area contributed by atoms with Crippen molar-refractivity contribution in [3.63, 3.8) is 0 Å². The molecule has 0 saturated carbocycles. The highest BCUT2D eigenvalue weighted by Crippen LogP contribution is 2.39. The lowest BCUT2D eigenvalue weighted by Gasteiger charge is -2.09. The van der Waals surface area contributed by atoms with E-state index in [0.29, 0.717) is 28.0 Å². The van der Waals surface area contributed by atoms with Crippen molar-refractivity contribution in [1.82, 2.24) is 19.9 Å². The second-order valence-electron chi connectivity index (χ2n) is 12.6. The number of hydrogen-bond acceptors (Lipinski definition) is 4. The Morgan fingerprint density at radius 1 is 0.404 bits per heavy atom. The Bertz CT molecular complexity index is 2820. The van der Waals surface area contributed by atoms with Gasteiger partial charge in [0.2, 0.25) is 0 Å². The van der Waals surface area contributed by atoms with E-state index in [4.69, 9.17) is 9.97 Å². The first-order valence-corrected chi connectivity index (χ1v) is 18.3. The van der Waals surface area contributed by atoms with Gasteiger partial charge < -0.3 is 9.97 Å². The van der Waals surface area contributed by atoms with Crippen LogP contribution < -0.4 is 0 Å². The van der Waals surface area contributed by atoms with Crippen LogP contribution in [0, 0.1) is 0 Å². The molecule has 3 N–H and O–H groups in total. The Kier molecular flexibility index (Phi) is 7.61. The summed E-state index contributed by atoms with van der Waals surface area (Å²) in [6, 6.07) is 44.9. The molecule has 8 heteroatoms. The van der Waals surface area contributed by atoms with Crippen LogP contribution in [0.25, 0.3) is 90.9 Å². The Morgan fingerprint density at radius 2 is 0.731 bits per heavy atom. The average Bonchev–Trinajstić information content (AvgIpc) is 4.01. The summed E-state index contributed by atoms with van der Waals surface area (Å²) in [5.41, 5.74) is 12.5. The van der Waals surface area contributed by atoms with Crippen LogP contribution in [0.3, 0.4) is 0 Å². The van der Waals surface area contributed by atoms with Crippen molar-refractivity contribution in [3.8, 4) is 44.5 Å². The number of nitrogens with one attached hydrogen (secondary N) is 2. The molecule has 4 aromatic carbocycles. The second-order valence-corrected chi connectivity index (χ2v) is 14.0. The van der Waals surface area contributed by atoms with E-state index in [-0.39, 0.29) is 4.90 Å². The van der Waals surface area contributed by atoms with Crippen LogP contribution in [0.2, 0.25) is 0 Å². The summed E-state index contributed by atoms with van der Waals surface area (Å²) >= 11 is 0. The van der Waals surface area contributed by atoms with Crippen molar-refractivity contribution >= 4 is 56.5 Å². The summed E-state index contributed by atoms with van der Waals surface area (Å²) in [6.45, 7) is 0. The number of hydrogen-bond donors (Lipinski definition) is 3. The Morgan fingerprint density at radius 3 is 1.12 bits per heavy atom. The molecule has 0 saturated heterocycles. The summed E-state index contributed by atoms with van der Waals surface area (Å²) < 4.78 is 36.0. The first-order valence-electron chi connectivity index (χ1n) is 16.8. The van der Waals surface area contributed by atoms with E-state index < -0.39 is 10.1 Å². The number of benzene rings is 4. The maximum Gasteiger partial charge on any atom is 0.295 e. The molecule has 52 heavy (non-hydrogen) atoms. The SMILES string of the molecule is O=S(=O)(O)c1ccccc1-c1c2nc(c(-c3ccccc3)c3ccc([nH]3)c(-c3ccccc3)c3nc(c(-c4ccccc4)c4ccc1[nH]4)C=C3)C=C2. The quantitative estimate of drug-likeness (QED) is 0.155. The van der Waals surface area contributed by atoms with E-state index in [9.17, 15) is 13.0 Å². The van der Waals surface area contributed by atoms with Crippen LogP contribution in [0.15, 0.2) is 144 Å². The lowest BCUT2D eigenvalue weighted by Crippen LogP contribution is -2.01. The molecule has 8 bridgehead atoms. The average molecular weight is 695 g/mol. The van der Waals surface area contributed by atoms with E-state index in [1.807, 2.05) is 109 Å². The van der Waals surface area contributed by atoms with Gasteiger partial charge in [-0.3, -0.25) is 4.55 Å². The molecule has 250 valence electrons. The number of aromatic amines is 2. The molecule has 0 amide bonds. The van der Waals surface area contributed by atoms with Gasteiger partial charge in [0.1, 0.15) is 4.90 Å². The smallest absolute Gasteiger partial charge is 0.295 e. The highest BCUT2D eigenvalue weighted by Gasteiger charge is 2.22. The monoisotopic (exact) mass is 694 g/mol. The lowest BCUT2D eigenvalue weighted by molar-refractivity contribution is 0.483. The van der Waals surface area contributed by atoms with Gasteiger partial charge in [0, 0.05) is 49.9 Å². The summed E-state index contributed by atoms with van der Waals surface area (Å²) in [5, 5.41) is 0. The molecule has 7 nitrogen and oxygen atoms in total. The number of aromatic nitrogens is 4. The fourth-order valence-electron chi connectivity index (χ4n) is 7.11. The minimum absolute atomic E-state index is 0.208. The lowest BCUT2D eigenvalue weighted by atomic mass is 10.0. The van der Waals surface area contributed by atoms with Crippen LogP contribution in [-0.2, 0) is 10.1 Å². The Labute approximate surface area is 300 Å². The van der Waals surface area contributed by atoms with E-state index >= 15 is 0 Å². The summed E-state index contributed by atoms with van der Waals surface area (Å²) in [7, 11) is -4.59. The predicted octanol–water partition coefficient (Wildman–Crippen LogP) is 10.6. The molecule has 0 unspecified atom stereocenters. The molecule has 0 radical (unpaired) electrons. The van der Waals surface area contributed by atoms with E-state index in [1.54, 1.807) is 18.2 Å². The minimum Gasteiger partial charge on any atom is -0.354 e. The Hall–Kier alpha value is -6.61. The highest BCUT2D eigenvalue weighted by atomic mass is 32.2. The van der Waals surface area contributed by atoms with Crippen LogP contribution in [0.4, 0.5) is 0 Å². The zero-order valence-corrected chi connectivity index (χ0v) is 28.5. The van der Waals surface area contributed by atoms with Crippen molar-refractivity contribution in [1.29, 1.82) is 0 Å². The van der Waals surface area contributed by atoms with Crippen LogP contribution in [-0.4, -0.2) is 32.9 Å². The third kappa shape index (κ3) is 5.56. The summed E-state index contributed by atoms with van der Waals surface area (Å²) in [6.07, 6.45) is 7.93. The number of fused-ring (bicyclic) bond motifs is 8. The maximum absolute atomic E-state index is 12.8. The fraction of sp³-hybridized carbons (Fsp3) is 0. The van der Waals surface area contributed by atoms with Crippen LogP contribution in [0.5, 0.6) is 0 Å². The molecule has 5 heterocycles. The van der Waals surface area contributed by atoms with Crippen molar-refractivity contribution < 1.29 is 13.0 Å². The van der Waals surface area contributed by atoms with Crippen molar-refractivity contribution in [2.24, 2.45) is 0 Å². The molecule has 7 aromatic rings. The molecule has 2 aliphatic rings. The maximum atomic E-state index is 12.8. The molecule has 0 atom stereocenters. The van der Waals surface area contributed by atoms with E-state index in [1.165, 1.54) is 6.07 Å². The molecule has 0 aliphatic carbocycles. The van der Waals surface area contributed by atoms with Crippen molar-refractivity contribution in [2.75, 3.05) is 0 Å². The first-order chi connectivity index (χ1) is 25.4. The van der Waals surface area contributed by atoms with Gasteiger partial charge in [-0.2, -0.15) is 8.42 Å². The van der Waals surface area contributed by atoms with Crippen LogP contribution >= 0.6 is 0 Å².